The molecule has 0 saturated carbocycles. The Kier molecular flexibility index (Phi) is 4.31. The quantitative estimate of drug-likeness (QED) is 0.588. The molecule has 0 radical (unpaired) electrons. The fourth-order valence-corrected chi connectivity index (χ4v) is 2.94. The van der Waals surface area contributed by atoms with Crippen molar-refractivity contribution in [2.24, 2.45) is 5.92 Å². The monoisotopic (exact) mass is 363 g/mol. The Labute approximate surface area is 156 Å². The van der Waals surface area contributed by atoms with Gasteiger partial charge in [-0.05, 0) is 30.5 Å². The van der Waals surface area contributed by atoms with Crippen LogP contribution in [0.4, 0.5) is 0 Å². The number of nitrogens with one attached hydrogen (secondary N) is 1. The second kappa shape index (κ2) is 6.79. The molecular formula is C19H21N7O. The lowest BCUT2D eigenvalue weighted by Gasteiger charge is -2.18. The third-order valence-electron chi connectivity index (χ3n) is 4.77. The molecule has 0 spiro atoms. The molecular weight excluding hydrogens is 342 g/mol. The van der Waals surface area contributed by atoms with E-state index < -0.39 is 0 Å². The van der Waals surface area contributed by atoms with Crippen molar-refractivity contribution >= 4 is 5.52 Å². The van der Waals surface area contributed by atoms with Gasteiger partial charge in [0.2, 0.25) is 0 Å². The Balaban J connectivity index is 1.82. The molecule has 8 nitrogen and oxygen atoms in total. The van der Waals surface area contributed by atoms with Crippen molar-refractivity contribution in [1.29, 1.82) is 0 Å². The molecule has 0 bridgehead atoms. The number of aromatic amines is 1. The zero-order valence-electron chi connectivity index (χ0n) is 15.5. The van der Waals surface area contributed by atoms with Crippen LogP contribution in [0.5, 0.6) is 0 Å². The van der Waals surface area contributed by atoms with E-state index in [1.54, 1.807) is 12.4 Å². The molecule has 4 heterocycles. The Bertz CT molecular complexity index is 1120. The predicted octanol–water partition coefficient (Wildman–Crippen LogP) is 2.48. The molecule has 4 aromatic heterocycles. The van der Waals surface area contributed by atoms with Gasteiger partial charge in [0.15, 0.2) is 11.6 Å². The minimum absolute atomic E-state index is 0.125. The number of hydrogen-bond donors (Lipinski definition) is 1. The molecule has 1 atom stereocenters. The maximum absolute atomic E-state index is 12.3. The molecule has 4 rings (SSSR count). The summed E-state index contributed by atoms with van der Waals surface area (Å²) >= 11 is 0. The van der Waals surface area contributed by atoms with Crippen molar-refractivity contribution in [3.63, 3.8) is 0 Å². The number of rotatable bonds is 5. The lowest BCUT2D eigenvalue weighted by Crippen LogP contribution is -2.19. The first-order chi connectivity index (χ1) is 13.0. The first-order valence-corrected chi connectivity index (χ1v) is 8.93. The normalized spacial score (nSPS) is 12.7. The van der Waals surface area contributed by atoms with Crippen LogP contribution in [-0.4, -0.2) is 34.1 Å². The van der Waals surface area contributed by atoms with E-state index in [-0.39, 0.29) is 11.7 Å². The van der Waals surface area contributed by atoms with Crippen LogP contribution in [0.15, 0.2) is 47.9 Å². The highest BCUT2D eigenvalue weighted by Crippen LogP contribution is 2.24. The Morgan fingerprint density at radius 2 is 2.04 bits per heavy atom. The van der Waals surface area contributed by atoms with Crippen molar-refractivity contribution in [3.8, 4) is 11.5 Å². The third kappa shape index (κ3) is 3.25. The van der Waals surface area contributed by atoms with Gasteiger partial charge in [0, 0.05) is 18.8 Å². The molecule has 0 aliphatic heterocycles. The van der Waals surface area contributed by atoms with Crippen molar-refractivity contribution < 1.29 is 0 Å². The van der Waals surface area contributed by atoms with E-state index in [1.165, 1.54) is 10.7 Å². The molecule has 138 valence electrons. The summed E-state index contributed by atoms with van der Waals surface area (Å²) in [6.07, 6.45) is 7.28. The maximum Gasteiger partial charge on any atom is 0.331 e. The average Bonchev–Trinajstić information content (AvgIpc) is 3.29. The SMILES string of the molecule is CC(C)C(C)n1nc(Cc2cccnc2)nc1-c1cc2cncn2c(=O)[nH]1. The van der Waals surface area contributed by atoms with Crippen LogP contribution < -0.4 is 5.69 Å². The number of fused-ring (bicyclic) bond motifs is 1. The maximum atomic E-state index is 12.3. The second-order valence-corrected chi connectivity index (χ2v) is 7.00. The number of H-pyrrole nitrogens is 1. The molecule has 0 amide bonds. The molecule has 0 aliphatic rings. The second-order valence-electron chi connectivity index (χ2n) is 7.00. The Morgan fingerprint density at radius 1 is 1.19 bits per heavy atom. The minimum Gasteiger partial charge on any atom is -0.304 e. The van der Waals surface area contributed by atoms with Crippen LogP contribution in [0.2, 0.25) is 0 Å². The van der Waals surface area contributed by atoms with Crippen molar-refractivity contribution in [2.45, 2.75) is 33.2 Å². The van der Waals surface area contributed by atoms with Crippen LogP contribution in [0.1, 0.15) is 38.2 Å². The van der Waals surface area contributed by atoms with E-state index in [0.29, 0.717) is 35.2 Å². The minimum atomic E-state index is -0.249. The van der Waals surface area contributed by atoms with Gasteiger partial charge in [-0.2, -0.15) is 5.10 Å². The summed E-state index contributed by atoms with van der Waals surface area (Å²) in [4.78, 5) is 28.2. The highest BCUT2D eigenvalue weighted by Gasteiger charge is 2.20. The molecule has 1 unspecified atom stereocenters. The summed E-state index contributed by atoms with van der Waals surface area (Å²) in [5, 5.41) is 4.73. The molecule has 0 saturated heterocycles. The van der Waals surface area contributed by atoms with Crippen LogP contribution in [-0.2, 0) is 6.42 Å². The van der Waals surface area contributed by atoms with E-state index in [4.69, 9.17) is 10.1 Å². The molecule has 8 heteroatoms. The topological polar surface area (TPSA) is 93.8 Å². The first kappa shape index (κ1) is 17.1. The van der Waals surface area contributed by atoms with Crippen LogP contribution >= 0.6 is 0 Å². The van der Waals surface area contributed by atoms with Gasteiger partial charge in [0.05, 0.1) is 23.4 Å². The lowest BCUT2D eigenvalue weighted by atomic mass is 10.1. The van der Waals surface area contributed by atoms with Gasteiger partial charge in [-0.15, -0.1) is 0 Å². The fraction of sp³-hybridized carbons (Fsp3) is 0.316. The van der Waals surface area contributed by atoms with Crippen LogP contribution in [0, 0.1) is 5.92 Å². The zero-order chi connectivity index (χ0) is 19.0. The van der Waals surface area contributed by atoms with Gasteiger partial charge in [-0.3, -0.25) is 9.38 Å². The largest absolute Gasteiger partial charge is 0.331 e. The molecule has 27 heavy (non-hydrogen) atoms. The number of imidazole rings is 1. The lowest BCUT2D eigenvalue weighted by molar-refractivity contribution is 0.376. The third-order valence-corrected chi connectivity index (χ3v) is 4.77. The molecule has 0 aliphatic carbocycles. The zero-order valence-corrected chi connectivity index (χ0v) is 15.5. The van der Waals surface area contributed by atoms with Gasteiger partial charge in [0.1, 0.15) is 6.33 Å². The summed E-state index contributed by atoms with van der Waals surface area (Å²) in [6, 6.07) is 5.89. The van der Waals surface area contributed by atoms with E-state index in [1.807, 2.05) is 29.1 Å². The standard InChI is InChI=1S/C19H21N7O/c1-12(2)13(3)26-18(16-8-15-10-21-11-25(15)19(27)22-16)23-17(24-26)7-14-5-4-6-20-9-14/h4-6,8-13H,7H2,1-3H3,(H,22,27). The average molecular weight is 363 g/mol. The smallest absolute Gasteiger partial charge is 0.304 e. The fourth-order valence-electron chi connectivity index (χ4n) is 2.94. The van der Waals surface area contributed by atoms with Gasteiger partial charge >= 0.3 is 5.69 Å². The Hall–Kier alpha value is -3.29. The van der Waals surface area contributed by atoms with Crippen molar-refractivity contribution in [2.75, 3.05) is 0 Å². The number of nitrogens with zero attached hydrogens (tertiary/aromatic N) is 6. The molecule has 1 N–H and O–H groups in total. The first-order valence-electron chi connectivity index (χ1n) is 8.93. The summed E-state index contributed by atoms with van der Waals surface area (Å²) in [5.41, 5.74) is 2.14. The molecule has 0 aromatic carbocycles. The number of pyridine rings is 1. The van der Waals surface area contributed by atoms with E-state index in [9.17, 15) is 4.79 Å². The van der Waals surface area contributed by atoms with Crippen molar-refractivity contribution in [1.82, 2.24) is 34.1 Å². The molecule has 0 fully saturated rings. The summed E-state index contributed by atoms with van der Waals surface area (Å²) in [6.45, 7) is 6.38. The van der Waals surface area contributed by atoms with Crippen LogP contribution in [0.25, 0.3) is 17.0 Å². The summed E-state index contributed by atoms with van der Waals surface area (Å²) in [7, 11) is 0. The van der Waals surface area contributed by atoms with Gasteiger partial charge < -0.3 is 4.98 Å². The highest BCUT2D eigenvalue weighted by atomic mass is 16.1. The van der Waals surface area contributed by atoms with Crippen LogP contribution in [0.3, 0.4) is 0 Å². The van der Waals surface area contributed by atoms with Gasteiger partial charge in [-0.1, -0.05) is 19.9 Å². The van der Waals surface area contributed by atoms with Crippen molar-refractivity contribution in [3.05, 3.63) is 65.0 Å². The summed E-state index contributed by atoms with van der Waals surface area (Å²) < 4.78 is 3.36. The number of aromatic nitrogens is 7. The predicted molar refractivity (Wildman–Crippen MR) is 101 cm³/mol. The van der Waals surface area contributed by atoms with E-state index in [0.717, 1.165) is 5.56 Å². The summed E-state index contributed by atoms with van der Waals surface area (Å²) in [5.74, 6) is 1.71. The molecule has 4 aromatic rings. The Morgan fingerprint density at radius 3 is 2.78 bits per heavy atom. The highest BCUT2D eigenvalue weighted by molar-refractivity contribution is 5.59. The van der Waals surface area contributed by atoms with E-state index >= 15 is 0 Å². The number of hydrogen-bond acceptors (Lipinski definition) is 5. The van der Waals surface area contributed by atoms with E-state index in [2.05, 4.69) is 35.7 Å². The van der Waals surface area contributed by atoms with Gasteiger partial charge in [0.25, 0.3) is 0 Å². The van der Waals surface area contributed by atoms with Gasteiger partial charge in [-0.25, -0.2) is 19.4 Å².